The maximum Gasteiger partial charge on any atom is 0.248 e. The lowest BCUT2D eigenvalue weighted by Gasteiger charge is -2.34. The largest absolute Gasteiger partial charge is 0.369 e. The number of nitrogens with zero attached hydrogens (tertiary/aromatic N) is 3. The van der Waals surface area contributed by atoms with Crippen LogP contribution < -0.4 is 10.6 Å². The number of anilines is 1. The third kappa shape index (κ3) is 4.30. The molecule has 1 aliphatic rings. The van der Waals surface area contributed by atoms with Crippen LogP contribution in [0.1, 0.15) is 45.5 Å². The van der Waals surface area contributed by atoms with Crippen molar-refractivity contribution in [1.82, 2.24) is 14.9 Å². The fourth-order valence-electron chi connectivity index (χ4n) is 5.21. The minimum absolute atomic E-state index is 0.140. The summed E-state index contributed by atoms with van der Waals surface area (Å²) >= 11 is 0. The van der Waals surface area contributed by atoms with Gasteiger partial charge in [-0.15, -0.1) is 0 Å². The molecule has 1 saturated heterocycles. The molecule has 0 aliphatic carbocycles. The van der Waals surface area contributed by atoms with Crippen LogP contribution in [0, 0.1) is 13.8 Å². The molecule has 5 rings (SSSR count). The smallest absolute Gasteiger partial charge is 0.248 e. The van der Waals surface area contributed by atoms with Crippen molar-refractivity contribution in [1.29, 1.82) is 0 Å². The van der Waals surface area contributed by atoms with Crippen LogP contribution in [-0.4, -0.2) is 54.0 Å². The summed E-state index contributed by atoms with van der Waals surface area (Å²) < 4.78 is 0. The van der Waals surface area contributed by atoms with E-state index in [0.717, 1.165) is 59.5 Å². The normalized spacial score (nSPS) is 15.5. The lowest BCUT2D eigenvalue weighted by Crippen LogP contribution is -2.44. The molecule has 4 aromatic rings. The number of fused-ring (bicyclic) bond motifs is 1. The summed E-state index contributed by atoms with van der Waals surface area (Å²) in [7, 11) is 2.18. The molecule has 1 aliphatic heterocycles. The first-order valence-corrected chi connectivity index (χ1v) is 12.2. The average Bonchev–Trinajstić information content (AvgIpc) is 3.29. The quantitative estimate of drug-likeness (QED) is 0.440. The highest BCUT2D eigenvalue weighted by molar-refractivity contribution is 5.95. The second-order valence-electron chi connectivity index (χ2n) is 9.74. The van der Waals surface area contributed by atoms with Gasteiger partial charge in [-0.25, -0.2) is 4.98 Å². The molecule has 6 nitrogen and oxygen atoms in total. The van der Waals surface area contributed by atoms with Gasteiger partial charge < -0.3 is 20.5 Å². The van der Waals surface area contributed by atoms with E-state index >= 15 is 0 Å². The van der Waals surface area contributed by atoms with Gasteiger partial charge in [0.15, 0.2) is 0 Å². The van der Waals surface area contributed by atoms with Gasteiger partial charge in [-0.1, -0.05) is 25.1 Å². The van der Waals surface area contributed by atoms with E-state index in [2.05, 4.69) is 72.2 Å². The molecule has 0 saturated carbocycles. The minimum Gasteiger partial charge on any atom is -0.369 e. The number of likely N-dealkylation sites (N-methyl/N-ethyl adjacent to an activating group) is 1. The van der Waals surface area contributed by atoms with E-state index in [1.54, 1.807) is 0 Å². The van der Waals surface area contributed by atoms with Gasteiger partial charge in [0.2, 0.25) is 5.91 Å². The highest BCUT2D eigenvalue weighted by Gasteiger charge is 2.20. The summed E-state index contributed by atoms with van der Waals surface area (Å²) in [4.78, 5) is 24.6. The summed E-state index contributed by atoms with van der Waals surface area (Å²) in [6, 6.07) is 14.9. The van der Waals surface area contributed by atoms with Gasteiger partial charge in [-0.05, 0) is 73.0 Å². The first kappa shape index (κ1) is 23.1. The first-order chi connectivity index (χ1) is 16.8. The number of piperazine rings is 1. The number of aromatic nitrogens is 2. The Morgan fingerprint density at radius 2 is 1.69 bits per heavy atom. The fourth-order valence-corrected chi connectivity index (χ4v) is 5.21. The zero-order valence-corrected chi connectivity index (χ0v) is 20.9. The van der Waals surface area contributed by atoms with E-state index in [9.17, 15) is 4.79 Å². The van der Waals surface area contributed by atoms with Crippen LogP contribution in [0.4, 0.5) is 5.69 Å². The van der Waals surface area contributed by atoms with Crippen molar-refractivity contribution >= 4 is 22.6 Å². The van der Waals surface area contributed by atoms with Gasteiger partial charge >= 0.3 is 0 Å². The molecule has 1 fully saturated rings. The number of primary amides is 1. The third-order valence-electron chi connectivity index (χ3n) is 7.66. The number of hydrogen-bond donors (Lipinski definition) is 2. The molecule has 0 radical (unpaired) electrons. The summed E-state index contributed by atoms with van der Waals surface area (Å²) in [6.07, 6.45) is 3.99. The number of hydrogen-bond acceptors (Lipinski definition) is 4. The number of H-pyrrole nitrogens is 1. The molecule has 0 bridgehead atoms. The zero-order valence-electron chi connectivity index (χ0n) is 20.9. The monoisotopic (exact) mass is 467 g/mol. The minimum atomic E-state index is -0.385. The van der Waals surface area contributed by atoms with Crippen LogP contribution >= 0.6 is 0 Å². The van der Waals surface area contributed by atoms with E-state index < -0.39 is 0 Å². The molecule has 2 aromatic heterocycles. The highest BCUT2D eigenvalue weighted by Crippen LogP contribution is 2.35. The second-order valence-corrected chi connectivity index (χ2v) is 9.74. The second kappa shape index (κ2) is 9.19. The Labute approximate surface area is 206 Å². The van der Waals surface area contributed by atoms with Gasteiger partial charge in [0.05, 0.1) is 0 Å². The van der Waals surface area contributed by atoms with Crippen molar-refractivity contribution in [2.75, 3.05) is 38.1 Å². The number of carbonyl (C=O) groups is 1. The summed E-state index contributed by atoms with van der Waals surface area (Å²) in [6.45, 7) is 10.6. The maximum absolute atomic E-state index is 11.8. The number of rotatable bonds is 5. The lowest BCUT2D eigenvalue weighted by molar-refractivity contribution is 0.0999. The standard InChI is InChI=1S/C29H33N5O/c1-18-19(2)25(28(30)35)10-9-24(18)20(3)27-17-32-29-26(27)15-22(16-31-29)21-5-7-23(8-6-21)34-13-11-33(4)12-14-34/h5-10,15-17,20H,11-14H2,1-4H3,(H2,30,35)(H,31,32). The van der Waals surface area contributed by atoms with Crippen LogP contribution in [0.2, 0.25) is 0 Å². The molecule has 3 N–H and O–H groups in total. The average molecular weight is 468 g/mol. The Hall–Kier alpha value is -3.64. The van der Waals surface area contributed by atoms with Crippen molar-refractivity contribution in [2.45, 2.75) is 26.7 Å². The fraction of sp³-hybridized carbons (Fsp3) is 0.310. The van der Waals surface area contributed by atoms with Crippen molar-refractivity contribution in [3.63, 3.8) is 0 Å². The number of nitrogens with one attached hydrogen (secondary N) is 1. The first-order valence-electron chi connectivity index (χ1n) is 12.2. The number of amides is 1. The van der Waals surface area contributed by atoms with Crippen LogP contribution in [0.5, 0.6) is 0 Å². The van der Waals surface area contributed by atoms with E-state index in [1.165, 1.54) is 16.8 Å². The number of aromatic amines is 1. The molecule has 6 heteroatoms. The topological polar surface area (TPSA) is 78.2 Å². The number of pyridine rings is 1. The molecule has 180 valence electrons. The molecule has 1 unspecified atom stereocenters. The van der Waals surface area contributed by atoms with Crippen LogP contribution in [0.25, 0.3) is 22.2 Å². The Morgan fingerprint density at radius 3 is 2.37 bits per heavy atom. The zero-order chi connectivity index (χ0) is 24.7. The number of benzene rings is 2. The molecule has 0 spiro atoms. The van der Waals surface area contributed by atoms with Crippen molar-refractivity contribution in [3.8, 4) is 11.1 Å². The van der Waals surface area contributed by atoms with E-state index in [0.29, 0.717) is 5.56 Å². The van der Waals surface area contributed by atoms with Crippen LogP contribution in [0.3, 0.4) is 0 Å². The Balaban J connectivity index is 1.45. The molecule has 35 heavy (non-hydrogen) atoms. The third-order valence-corrected chi connectivity index (χ3v) is 7.66. The van der Waals surface area contributed by atoms with E-state index in [4.69, 9.17) is 10.7 Å². The van der Waals surface area contributed by atoms with Crippen LogP contribution in [0.15, 0.2) is 54.9 Å². The maximum atomic E-state index is 11.8. The van der Waals surface area contributed by atoms with Gasteiger partial charge in [0, 0.05) is 66.7 Å². The SMILES string of the molecule is Cc1c(C(N)=O)ccc(C(C)c2c[nH]c3ncc(-c4ccc(N5CCN(C)CC5)cc4)cc23)c1C. The predicted molar refractivity (Wildman–Crippen MR) is 143 cm³/mol. The molecular formula is C29H33N5O. The van der Waals surface area contributed by atoms with Gasteiger partial charge in [-0.3, -0.25) is 4.79 Å². The highest BCUT2D eigenvalue weighted by atomic mass is 16.1. The van der Waals surface area contributed by atoms with Gasteiger partial charge in [-0.2, -0.15) is 0 Å². The predicted octanol–water partition coefficient (Wildman–Crippen LogP) is 4.85. The molecule has 1 atom stereocenters. The Bertz CT molecular complexity index is 1380. The van der Waals surface area contributed by atoms with Crippen LogP contribution in [-0.2, 0) is 0 Å². The number of nitrogens with two attached hydrogens (primary N) is 1. The van der Waals surface area contributed by atoms with Gasteiger partial charge in [0.25, 0.3) is 0 Å². The molecule has 3 heterocycles. The van der Waals surface area contributed by atoms with Crippen molar-refractivity contribution < 1.29 is 4.79 Å². The summed E-state index contributed by atoms with van der Waals surface area (Å²) in [5, 5.41) is 1.12. The molecule has 2 aromatic carbocycles. The number of carbonyl (C=O) groups excluding carboxylic acids is 1. The summed E-state index contributed by atoms with van der Waals surface area (Å²) in [5.74, 6) is -0.245. The lowest BCUT2D eigenvalue weighted by atomic mass is 9.86. The van der Waals surface area contributed by atoms with Crippen molar-refractivity contribution in [2.24, 2.45) is 5.73 Å². The molecule has 1 amide bonds. The molecular weight excluding hydrogens is 434 g/mol. The Kier molecular flexibility index (Phi) is 6.07. The van der Waals surface area contributed by atoms with Crippen molar-refractivity contribution in [3.05, 3.63) is 82.7 Å². The van der Waals surface area contributed by atoms with Gasteiger partial charge in [0.1, 0.15) is 5.65 Å². The Morgan fingerprint density at radius 1 is 0.971 bits per heavy atom. The summed E-state index contributed by atoms with van der Waals surface area (Å²) in [5.41, 5.74) is 15.0. The van der Waals surface area contributed by atoms with E-state index in [1.807, 2.05) is 25.3 Å². The van der Waals surface area contributed by atoms with E-state index in [-0.39, 0.29) is 11.8 Å².